The summed E-state index contributed by atoms with van der Waals surface area (Å²) in [6.07, 6.45) is 3.62. The lowest BCUT2D eigenvalue weighted by atomic mass is 10.0. The van der Waals surface area contributed by atoms with E-state index >= 15 is 0 Å². The van der Waals surface area contributed by atoms with Crippen molar-refractivity contribution in [3.8, 4) is 17.2 Å². The molecule has 200 valence electrons. The molecular weight excluding hydrogens is 567 g/mol. The molecule has 0 unspecified atom stereocenters. The van der Waals surface area contributed by atoms with Crippen LogP contribution in [-0.2, 0) is 0 Å². The summed E-state index contributed by atoms with van der Waals surface area (Å²) in [4.78, 5) is 20.7. The van der Waals surface area contributed by atoms with E-state index in [1.54, 1.807) is 17.7 Å². The van der Waals surface area contributed by atoms with Crippen LogP contribution in [0.25, 0.3) is 90.4 Å². The molecule has 5 aromatic heterocycles. The van der Waals surface area contributed by atoms with E-state index in [2.05, 4.69) is 101 Å². The molecule has 0 atom stereocenters. The zero-order chi connectivity index (χ0) is 28.1. The molecule has 0 aliphatic heterocycles. The normalized spacial score (nSPS) is 12.2. The maximum atomic E-state index is 5.33. The fourth-order valence-electron chi connectivity index (χ4n) is 6.60. The van der Waals surface area contributed by atoms with Gasteiger partial charge in [0, 0.05) is 58.9 Å². The quantitative estimate of drug-likeness (QED) is 0.203. The Morgan fingerprint density at radius 2 is 1.33 bits per heavy atom. The number of rotatable bonds is 2. The Labute approximate surface area is 252 Å². The van der Waals surface area contributed by atoms with E-state index in [1.165, 1.54) is 41.0 Å². The fourth-order valence-corrected chi connectivity index (χ4v) is 9.03. The van der Waals surface area contributed by atoms with Crippen LogP contribution in [0.5, 0.6) is 0 Å². The SMILES string of the molecule is c1ccc(-c2nc(-n3c4ccccc4c4c5sc6ncncc6c5c5c6ccccc6sc5c43)nc3ccccc23)cc1. The maximum Gasteiger partial charge on any atom is 0.235 e. The van der Waals surface area contributed by atoms with Crippen LogP contribution < -0.4 is 0 Å². The second kappa shape index (κ2) is 8.64. The maximum absolute atomic E-state index is 5.33. The highest BCUT2D eigenvalue weighted by Crippen LogP contribution is 2.51. The van der Waals surface area contributed by atoms with Crippen LogP contribution >= 0.6 is 22.7 Å². The van der Waals surface area contributed by atoms with Crippen molar-refractivity contribution in [2.75, 3.05) is 0 Å². The van der Waals surface area contributed by atoms with E-state index in [-0.39, 0.29) is 0 Å². The number of hydrogen-bond acceptors (Lipinski definition) is 6. The summed E-state index contributed by atoms with van der Waals surface area (Å²) >= 11 is 3.58. The van der Waals surface area contributed by atoms with Crippen molar-refractivity contribution in [1.82, 2.24) is 24.5 Å². The Hall–Kier alpha value is -5.24. The average molecular weight is 586 g/mol. The smallest absolute Gasteiger partial charge is 0.235 e. The Morgan fingerprint density at radius 1 is 0.581 bits per heavy atom. The molecular formula is C36H19N5S2. The Kier molecular flexibility index (Phi) is 4.69. The molecule has 7 heteroatoms. The number of benzene rings is 5. The first-order valence-corrected chi connectivity index (χ1v) is 15.7. The molecule has 0 saturated carbocycles. The molecule has 43 heavy (non-hydrogen) atoms. The number of fused-ring (bicyclic) bond motifs is 13. The van der Waals surface area contributed by atoms with E-state index < -0.39 is 0 Å². The molecule has 10 rings (SSSR count). The van der Waals surface area contributed by atoms with Gasteiger partial charge in [0.1, 0.15) is 11.2 Å². The van der Waals surface area contributed by atoms with E-state index in [4.69, 9.17) is 15.0 Å². The van der Waals surface area contributed by atoms with Gasteiger partial charge in [-0.25, -0.2) is 19.9 Å². The van der Waals surface area contributed by atoms with Crippen molar-refractivity contribution in [2.24, 2.45) is 0 Å². The highest BCUT2D eigenvalue weighted by atomic mass is 32.1. The van der Waals surface area contributed by atoms with Crippen molar-refractivity contribution in [2.45, 2.75) is 0 Å². The molecule has 0 bridgehead atoms. The van der Waals surface area contributed by atoms with Gasteiger partial charge in [-0.2, -0.15) is 0 Å². The predicted octanol–water partition coefficient (Wildman–Crippen LogP) is 9.92. The number of nitrogens with zero attached hydrogens (tertiary/aromatic N) is 5. The highest BCUT2D eigenvalue weighted by molar-refractivity contribution is 7.29. The first-order chi connectivity index (χ1) is 21.3. The topological polar surface area (TPSA) is 56.5 Å². The van der Waals surface area contributed by atoms with Gasteiger partial charge in [-0.3, -0.25) is 4.57 Å². The number of thiophene rings is 2. The van der Waals surface area contributed by atoms with Gasteiger partial charge >= 0.3 is 0 Å². The Morgan fingerprint density at radius 3 is 2.23 bits per heavy atom. The third kappa shape index (κ3) is 3.15. The van der Waals surface area contributed by atoms with Gasteiger partial charge in [0.05, 0.1) is 26.9 Å². The third-order valence-corrected chi connectivity index (χ3v) is 10.7. The second-order valence-corrected chi connectivity index (χ2v) is 12.7. The van der Waals surface area contributed by atoms with Gasteiger partial charge in [0.25, 0.3) is 0 Å². The van der Waals surface area contributed by atoms with Gasteiger partial charge in [-0.05, 0) is 18.2 Å². The van der Waals surface area contributed by atoms with Crippen LogP contribution in [0.2, 0.25) is 0 Å². The first-order valence-electron chi connectivity index (χ1n) is 14.1. The van der Waals surface area contributed by atoms with Gasteiger partial charge in [0.15, 0.2) is 0 Å². The van der Waals surface area contributed by atoms with Gasteiger partial charge in [-0.15, -0.1) is 22.7 Å². The van der Waals surface area contributed by atoms with Crippen LogP contribution in [0.3, 0.4) is 0 Å². The van der Waals surface area contributed by atoms with E-state index in [1.807, 2.05) is 29.7 Å². The van der Waals surface area contributed by atoms with Crippen LogP contribution in [-0.4, -0.2) is 24.5 Å². The summed E-state index contributed by atoms with van der Waals surface area (Å²) < 4.78 is 5.99. The van der Waals surface area contributed by atoms with E-state index in [9.17, 15) is 0 Å². The zero-order valence-electron chi connectivity index (χ0n) is 22.5. The first kappa shape index (κ1) is 23.3. The van der Waals surface area contributed by atoms with Crippen LogP contribution in [0.1, 0.15) is 0 Å². The van der Waals surface area contributed by atoms with E-state index in [0.29, 0.717) is 5.95 Å². The summed E-state index contributed by atoms with van der Waals surface area (Å²) in [6, 6.07) is 36.0. The van der Waals surface area contributed by atoms with Crippen LogP contribution in [0, 0.1) is 0 Å². The molecule has 0 fully saturated rings. The van der Waals surface area contributed by atoms with Crippen LogP contribution in [0.4, 0.5) is 0 Å². The monoisotopic (exact) mass is 585 g/mol. The van der Waals surface area contributed by atoms with Crippen LogP contribution in [0.15, 0.2) is 116 Å². The molecule has 0 aliphatic carbocycles. The molecule has 0 spiro atoms. The summed E-state index contributed by atoms with van der Waals surface area (Å²) in [5.41, 5.74) is 5.14. The summed E-state index contributed by atoms with van der Waals surface area (Å²) in [5.74, 6) is 0.669. The Bertz CT molecular complexity index is 2740. The lowest BCUT2D eigenvalue weighted by molar-refractivity contribution is 1.02. The third-order valence-electron chi connectivity index (χ3n) is 8.37. The summed E-state index contributed by atoms with van der Waals surface area (Å²) in [6.45, 7) is 0. The number of hydrogen-bond donors (Lipinski definition) is 0. The number of para-hydroxylation sites is 2. The average Bonchev–Trinajstić information content (AvgIpc) is 3.74. The minimum absolute atomic E-state index is 0.669. The minimum atomic E-state index is 0.669. The molecule has 0 amide bonds. The Balaban J connectivity index is 1.48. The standard InChI is InChI=1S/C36H19N5S2/c1-2-10-20(11-3-1)31-21-12-4-7-15-25(21)39-36(40-31)41-26-16-8-5-13-22(26)30-32(41)34-28(23-14-6-9-17-27(23)42-34)29-24-18-37-19-38-35(24)43-33(29)30/h1-19H. The van der Waals surface area contributed by atoms with Crippen molar-refractivity contribution < 1.29 is 0 Å². The largest absolute Gasteiger partial charge is 0.276 e. The fraction of sp³-hybridized carbons (Fsp3) is 0. The van der Waals surface area contributed by atoms with Crippen molar-refractivity contribution >= 4 is 95.9 Å². The molecule has 5 aromatic carbocycles. The highest BCUT2D eigenvalue weighted by Gasteiger charge is 2.26. The molecule has 10 aromatic rings. The number of aromatic nitrogens is 5. The molecule has 0 radical (unpaired) electrons. The molecule has 0 aliphatic rings. The molecule has 5 nitrogen and oxygen atoms in total. The zero-order valence-corrected chi connectivity index (χ0v) is 24.2. The van der Waals surface area contributed by atoms with Crippen molar-refractivity contribution in [3.63, 3.8) is 0 Å². The van der Waals surface area contributed by atoms with Gasteiger partial charge < -0.3 is 0 Å². The van der Waals surface area contributed by atoms with Gasteiger partial charge in [0.2, 0.25) is 5.95 Å². The molecule has 0 saturated heterocycles. The van der Waals surface area contributed by atoms with Crippen molar-refractivity contribution in [1.29, 1.82) is 0 Å². The van der Waals surface area contributed by atoms with Gasteiger partial charge in [-0.1, -0.05) is 84.9 Å². The minimum Gasteiger partial charge on any atom is -0.276 e. The van der Waals surface area contributed by atoms with E-state index in [0.717, 1.165) is 43.4 Å². The van der Waals surface area contributed by atoms with Crippen molar-refractivity contribution in [3.05, 3.63) is 116 Å². The molecule has 5 heterocycles. The predicted molar refractivity (Wildman–Crippen MR) is 181 cm³/mol. The lowest BCUT2D eigenvalue weighted by Gasteiger charge is -2.12. The second-order valence-electron chi connectivity index (χ2n) is 10.7. The summed E-state index contributed by atoms with van der Waals surface area (Å²) in [5, 5.41) is 8.26. The summed E-state index contributed by atoms with van der Waals surface area (Å²) in [7, 11) is 0. The lowest BCUT2D eigenvalue weighted by Crippen LogP contribution is -2.03. The molecule has 0 N–H and O–H groups in total.